The van der Waals surface area contributed by atoms with Gasteiger partial charge in [0.2, 0.25) is 5.91 Å². The molecule has 2 rings (SSSR count). The summed E-state index contributed by atoms with van der Waals surface area (Å²) in [5.41, 5.74) is 0.991. The second-order valence-corrected chi connectivity index (χ2v) is 4.33. The molecule has 0 spiro atoms. The van der Waals surface area contributed by atoms with E-state index in [1.165, 1.54) is 4.90 Å². The summed E-state index contributed by atoms with van der Waals surface area (Å²) in [4.78, 5) is 25.0. The van der Waals surface area contributed by atoms with Gasteiger partial charge in [-0.1, -0.05) is 30.3 Å². The number of carbonyl (C=O) groups is 2. The molecular formula is C15H17NO3. The van der Waals surface area contributed by atoms with Crippen molar-refractivity contribution in [2.75, 3.05) is 6.61 Å². The molecule has 0 aromatic heterocycles. The lowest BCUT2D eigenvalue weighted by Gasteiger charge is -2.19. The van der Waals surface area contributed by atoms with E-state index in [0.717, 1.165) is 5.56 Å². The Labute approximate surface area is 112 Å². The molecule has 1 atom stereocenters. The molecule has 0 bridgehead atoms. The van der Waals surface area contributed by atoms with Crippen LogP contribution in [0.25, 0.3) is 6.08 Å². The zero-order valence-corrected chi connectivity index (χ0v) is 10.9. The lowest BCUT2D eigenvalue weighted by molar-refractivity contribution is -0.149. The van der Waals surface area contributed by atoms with E-state index in [1.54, 1.807) is 13.1 Å². The molecule has 1 aromatic carbocycles. The molecule has 100 valence electrons. The highest BCUT2D eigenvalue weighted by Gasteiger charge is 2.35. The number of esters is 1. The van der Waals surface area contributed by atoms with E-state index in [0.29, 0.717) is 19.4 Å². The van der Waals surface area contributed by atoms with Gasteiger partial charge in [0.05, 0.1) is 6.61 Å². The van der Waals surface area contributed by atoms with E-state index in [4.69, 9.17) is 4.74 Å². The summed E-state index contributed by atoms with van der Waals surface area (Å²) in [6, 6.07) is 9.18. The average Bonchev–Trinajstić information content (AvgIpc) is 2.79. The minimum atomic E-state index is -0.479. The van der Waals surface area contributed by atoms with Gasteiger partial charge in [0.1, 0.15) is 6.04 Å². The molecule has 0 N–H and O–H groups in total. The van der Waals surface area contributed by atoms with Crippen molar-refractivity contribution in [3.05, 3.63) is 42.1 Å². The molecule has 4 nitrogen and oxygen atoms in total. The summed E-state index contributed by atoms with van der Waals surface area (Å²) in [7, 11) is 0. The van der Waals surface area contributed by atoms with E-state index >= 15 is 0 Å². The van der Waals surface area contributed by atoms with Crippen LogP contribution >= 0.6 is 0 Å². The highest BCUT2D eigenvalue weighted by molar-refractivity contribution is 5.89. The molecule has 0 aliphatic carbocycles. The normalized spacial score (nSPS) is 19.1. The fourth-order valence-corrected chi connectivity index (χ4v) is 2.09. The predicted molar refractivity (Wildman–Crippen MR) is 72.0 cm³/mol. The first-order valence-electron chi connectivity index (χ1n) is 6.43. The standard InChI is InChI=1S/C15H17NO3/c1-2-19-15(18)13-8-9-14(17)16(13)11-10-12-6-4-3-5-7-12/h3-7,10-11,13H,2,8-9H2,1H3/b11-10+. The Kier molecular flexibility index (Phi) is 4.34. The minimum Gasteiger partial charge on any atom is -0.464 e. The van der Waals surface area contributed by atoms with Crippen molar-refractivity contribution in [1.82, 2.24) is 4.90 Å². The quantitative estimate of drug-likeness (QED) is 0.779. The maximum absolute atomic E-state index is 11.8. The van der Waals surface area contributed by atoms with E-state index in [9.17, 15) is 9.59 Å². The number of benzene rings is 1. The van der Waals surface area contributed by atoms with Gasteiger partial charge in [-0.3, -0.25) is 4.79 Å². The van der Waals surface area contributed by atoms with Crippen LogP contribution in [0.5, 0.6) is 0 Å². The van der Waals surface area contributed by atoms with Gasteiger partial charge in [-0.25, -0.2) is 4.79 Å². The molecule has 1 saturated heterocycles. The third-order valence-electron chi connectivity index (χ3n) is 3.04. The fraction of sp³-hybridized carbons (Fsp3) is 0.333. The highest BCUT2D eigenvalue weighted by atomic mass is 16.5. The summed E-state index contributed by atoms with van der Waals surface area (Å²) in [5.74, 6) is -0.365. The Bertz CT molecular complexity index is 481. The number of hydrogen-bond acceptors (Lipinski definition) is 3. The van der Waals surface area contributed by atoms with Crippen LogP contribution in [0.1, 0.15) is 25.3 Å². The van der Waals surface area contributed by atoms with Crippen LogP contribution in [-0.4, -0.2) is 29.4 Å². The van der Waals surface area contributed by atoms with Gasteiger partial charge in [0, 0.05) is 12.6 Å². The number of hydrogen-bond donors (Lipinski definition) is 0. The number of amides is 1. The van der Waals surface area contributed by atoms with E-state index in [2.05, 4.69) is 0 Å². The molecule has 1 aliphatic rings. The molecule has 1 aromatic rings. The van der Waals surface area contributed by atoms with Crippen molar-refractivity contribution in [1.29, 1.82) is 0 Å². The number of rotatable bonds is 4. The molecule has 1 amide bonds. The fourth-order valence-electron chi connectivity index (χ4n) is 2.09. The summed E-state index contributed by atoms with van der Waals surface area (Å²) in [6.07, 6.45) is 4.42. The van der Waals surface area contributed by atoms with Gasteiger partial charge < -0.3 is 9.64 Å². The molecule has 4 heteroatoms. The Hall–Kier alpha value is -2.10. The first kappa shape index (κ1) is 13.3. The summed E-state index contributed by atoms with van der Waals surface area (Å²) in [5, 5.41) is 0. The Balaban J connectivity index is 2.10. The topological polar surface area (TPSA) is 46.6 Å². The van der Waals surface area contributed by atoms with E-state index in [-0.39, 0.29) is 11.9 Å². The van der Waals surface area contributed by atoms with Gasteiger partial charge in [0.15, 0.2) is 0 Å². The highest BCUT2D eigenvalue weighted by Crippen LogP contribution is 2.21. The maximum atomic E-state index is 11.8. The summed E-state index contributed by atoms with van der Waals surface area (Å²) >= 11 is 0. The van der Waals surface area contributed by atoms with Gasteiger partial charge in [-0.2, -0.15) is 0 Å². The van der Waals surface area contributed by atoms with Crippen molar-refractivity contribution in [2.24, 2.45) is 0 Å². The third-order valence-corrected chi connectivity index (χ3v) is 3.04. The van der Waals surface area contributed by atoms with Crippen molar-refractivity contribution >= 4 is 18.0 Å². The Morgan fingerprint density at radius 1 is 1.42 bits per heavy atom. The van der Waals surface area contributed by atoms with Crippen LogP contribution in [0.4, 0.5) is 0 Å². The van der Waals surface area contributed by atoms with Crippen molar-refractivity contribution < 1.29 is 14.3 Å². The number of ether oxygens (including phenoxy) is 1. The van der Waals surface area contributed by atoms with Crippen molar-refractivity contribution in [3.63, 3.8) is 0 Å². The average molecular weight is 259 g/mol. The number of likely N-dealkylation sites (tertiary alicyclic amines) is 1. The van der Waals surface area contributed by atoms with Crippen LogP contribution in [0.3, 0.4) is 0 Å². The summed E-state index contributed by atoms with van der Waals surface area (Å²) < 4.78 is 4.99. The summed E-state index contributed by atoms with van der Waals surface area (Å²) in [6.45, 7) is 2.10. The van der Waals surface area contributed by atoms with Crippen LogP contribution in [0.15, 0.2) is 36.5 Å². The van der Waals surface area contributed by atoms with Gasteiger partial charge >= 0.3 is 5.97 Å². The molecule has 0 saturated carbocycles. The Morgan fingerprint density at radius 2 is 2.16 bits per heavy atom. The molecular weight excluding hydrogens is 242 g/mol. The lowest BCUT2D eigenvalue weighted by Crippen LogP contribution is -2.35. The van der Waals surface area contributed by atoms with Crippen molar-refractivity contribution in [2.45, 2.75) is 25.8 Å². The smallest absolute Gasteiger partial charge is 0.329 e. The van der Waals surface area contributed by atoms with Crippen LogP contribution < -0.4 is 0 Å². The number of carbonyl (C=O) groups excluding carboxylic acids is 2. The minimum absolute atomic E-state index is 0.0368. The third kappa shape index (κ3) is 3.22. The van der Waals surface area contributed by atoms with Gasteiger partial charge in [-0.15, -0.1) is 0 Å². The second-order valence-electron chi connectivity index (χ2n) is 4.33. The zero-order chi connectivity index (χ0) is 13.7. The first-order chi connectivity index (χ1) is 9.22. The van der Waals surface area contributed by atoms with Crippen LogP contribution in [-0.2, 0) is 14.3 Å². The predicted octanol–water partition coefficient (Wildman–Crippen LogP) is 2.21. The van der Waals surface area contributed by atoms with Crippen LogP contribution in [0, 0.1) is 0 Å². The van der Waals surface area contributed by atoms with E-state index in [1.807, 2.05) is 36.4 Å². The molecule has 19 heavy (non-hydrogen) atoms. The van der Waals surface area contributed by atoms with E-state index < -0.39 is 6.04 Å². The molecule has 1 unspecified atom stereocenters. The van der Waals surface area contributed by atoms with Gasteiger partial charge in [-0.05, 0) is 25.0 Å². The molecule has 1 heterocycles. The molecule has 1 aliphatic heterocycles. The Morgan fingerprint density at radius 3 is 2.84 bits per heavy atom. The monoisotopic (exact) mass is 259 g/mol. The SMILES string of the molecule is CCOC(=O)C1CCC(=O)N1/C=C/c1ccccc1. The lowest BCUT2D eigenvalue weighted by atomic mass is 10.2. The van der Waals surface area contributed by atoms with Crippen molar-refractivity contribution in [3.8, 4) is 0 Å². The first-order valence-corrected chi connectivity index (χ1v) is 6.43. The molecule has 1 fully saturated rings. The number of nitrogens with zero attached hydrogens (tertiary/aromatic N) is 1. The zero-order valence-electron chi connectivity index (χ0n) is 10.9. The van der Waals surface area contributed by atoms with Crippen LogP contribution in [0.2, 0.25) is 0 Å². The largest absolute Gasteiger partial charge is 0.464 e. The molecule has 0 radical (unpaired) electrons. The maximum Gasteiger partial charge on any atom is 0.329 e. The van der Waals surface area contributed by atoms with Gasteiger partial charge in [0.25, 0.3) is 0 Å². The second kappa shape index (κ2) is 6.18.